The van der Waals surface area contributed by atoms with E-state index in [4.69, 9.17) is 0 Å². The van der Waals surface area contributed by atoms with Crippen LogP contribution in [-0.2, 0) is 0 Å². The molecule has 0 radical (unpaired) electrons. The molecular weight excluding hydrogens is 725 g/mol. The molecule has 10 aromatic carbocycles. The number of aromatic nitrogens is 1. The summed E-state index contributed by atoms with van der Waals surface area (Å²) >= 11 is 0. The third-order valence-corrected chi connectivity index (χ3v) is 11.7. The van der Waals surface area contributed by atoms with Crippen LogP contribution in [0.2, 0.25) is 0 Å². The van der Waals surface area contributed by atoms with E-state index in [0.717, 1.165) is 22.7 Å². The van der Waals surface area contributed by atoms with Gasteiger partial charge in [-0.15, -0.1) is 0 Å². The number of hydrogen-bond acceptors (Lipinski definition) is 1. The lowest BCUT2D eigenvalue weighted by Gasteiger charge is -2.26. The van der Waals surface area contributed by atoms with E-state index in [1.165, 1.54) is 77.1 Å². The van der Waals surface area contributed by atoms with E-state index in [-0.39, 0.29) is 0 Å². The maximum absolute atomic E-state index is 2.44. The van der Waals surface area contributed by atoms with Crippen molar-refractivity contribution in [3.63, 3.8) is 0 Å². The quantitative estimate of drug-likeness (QED) is 0.150. The molecule has 11 aromatic rings. The first-order valence-corrected chi connectivity index (χ1v) is 20.6. The molecule has 60 heavy (non-hydrogen) atoms. The SMILES string of the molecule is c1ccc(-c2cc(-c3ccccc3)cc(-n3c4ccccc4c4cc(-c5ccccc5-c5cccc(N(c6ccccc6)c6ccc7ccccc7c6)c5)ccc43)c2)cc1. The lowest BCUT2D eigenvalue weighted by Crippen LogP contribution is -2.09. The van der Waals surface area contributed by atoms with E-state index in [2.05, 4.69) is 252 Å². The topological polar surface area (TPSA) is 8.17 Å². The number of para-hydroxylation sites is 2. The highest BCUT2D eigenvalue weighted by Crippen LogP contribution is 2.42. The molecule has 0 aliphatic carbocycles. The fourth-order valence-electron chi connectivity index (χ4n) is 8.89. The number of rotatable bonds is 8. The molecule has 0 bridgehead atoms. The molecule has 2 heteroatoms. The van der Waals surface area contributed by atoms with Gasteiger partial charge in [0, 0.05) is 33.5 Å². The number of fused-ring (bicyclic) bond motifs is 4. The highest BCUT2D eigenvalue weighted by atomic mass is 15.1. The molecule has 0 N–H and O–H groups in total. The first-order valence-electron chi connectivity index (χ1n) is 20.6. The highest BCUT2D eigenvalue weighted by molar-refractivity contribution is 6.11. The van der Waals surface area contributed by atoms with Gasteiger partial charge in [-0.2, -0.15) is 0 Å². The number of benzene rings is 10. The average molecular weight is 765 g/mol. The van der Waals surface area contributed by atoms with Gasteiger partial charge in [-0.3, -0.25) is 0 Å². The molecule has 0 spiro atoms. The Balaban J connectivity index is 1.04. The maximum Gasteiger partial charge on any atom is 0.0541 e. The number of hydrogen-bond donors (Lipinski definition) is 0. The largest absolute Gasteiger partial charge is 0.310 e. The van der Waals surface area contributed by atoms with Crippen LogP contribution in [0.5, 0.6) is 0 Å². The van der Waals surface area contributed by atoms with Crippen molar-refractivity contribution < 1.29 is 0 Å². The molecule has 0 amide bonds. The second-order valence-electron chi connectivity index (χ2n) is 15.4. The van der Waals surface area contributed by atoms with Gasteiger partial charge in [-0.25, -0.2) is 0 Å². The van der Waals surface area contributed by atoms with Gasteiger partial charge in [0.25, 0.3) is 0 Å². The molecule has 0 saturated heterocycles. The van der Waals surface area contributed by atoms with Crippen LogP contribution in [0, 0.1) is 0 Å². The van der Waals surface area contributed by atoms with E-state index in [1.807, 2.05) is 0 Å². The van der Waals surface area contributed by atoms with E-state index >= 15 is 0 Å². The van der Waals surface area contributed by atoms with E-state index < -0.39 is 0 Å². The van der Waals surface area contributed by atoms with Crippen molar-refractivity contribution >= 4 is 49.6 Å². The summed E-state index contributed by atoms with van der Waals surface area (Å²) in [7, 11) is 0. The Hall–Kier alpha value is -7.94. The zero-order valence-electron chi connectivity index (χ0n) is 33.0. The normalized spacial score (nSPS) is 11.3. The van der Waals surface area contributed by atoms with Crippen molar-refractivity contribution in [1.29, 1.82) is 0 Å². The number of nitrogens with zero attached hydrogens (tertiary/aromatic N) is 2. The summed E-state index contributed by atoms with van der Waals surface area (Å²) in [6, 6.07) is 87.9. The van der Waals surface area contributed by atoms with Crippen LogP contribution < -0.4 is 4.90 Å². The molecule has 0 saturated carbocycles. The van der Waals surface area contributed by atoms with Crippen LogP contribution in [0.25, 0.3) is 82.8 Å². The third kappa shape index (κ3) is 6.41. The van der Waals surface area contributed by atoms with Crippen LogP contribution in [0.3, 0.4) is 0 Å². The predicted molar refractivity (Wildman–Crippen MR) is 255 cm³/mol. The average Bonchev–Trinajstić information content (AvgIpc) is 3.66. The lowest BCUT2D eigenvalue weighted by atomic mass is 9.93. The van der Waals surface area contributed by atoms with Crippen molar-refractivity contribution in [3.8, 4) is 50.2 Å². The Morgan fingerprint density at radius 3 is 1.52 bits per heavy atom. The Bertz CT molecular complexity index is 3250. The summed E-state index contributed by atoms with van der Waals surface area (Å²) in [6.45, 7) is 0. The van der Waals surface area contributed by atoms with Gasteiger partial charge in [0.1, 0.15) is 0 Å². The van der Waals surface area contributed by atoms with E-state index in [0.29, 0.717) is 0 Å². The Labute approximate surface area is 350 Å². The molecule has 0 fully saturated rings. The van der Waals surface area contributed by atoms with Gasteiger partial charge >= 0.3 is 0 Å². The van der Waals surface area contributed by atoms with Crippen LogP contribution in [0.15, 0.2) is 243 Å². The molecular formula is C58H40N2. The third-order valence-electron chi connectivity index (χ3n) is 11.7. The minimum atomic E-state index is 1.11. The second-order valence-corrected chi connectivity index (χ2v) is 15.4. The number of anilines is 3. The van der Waals surface area contributed by atoms with E-state index in [9.17, 15) is 0 Å². The predicted octanol–water partition coefficient (Wildman–Crippen LogP) is 16.1. The molecule has 282 valence electrons. The van der Waals surface area contributed by atoms with Crippen molar-refractivity contribution in [2.45, 2.75) is 0 Å². The smallest absolute Gasteiger partial charge is 0.0541 e. The summed E-state index contributed by atoms with van der Waals surface area (Å²) in [5.74, 6) is 0. The molecule has 11 rings (SSSR count). The molecule has 0 aliphatic rings. The summed E-state index contributed by atoms with van der Waals surface area (Å²) in [6.07, 6.45) is 0. The zero-order valence-corrected chi connectivity index (χ0v) is 33.0. The minimum Gasteiger partial charge on any atom is -0.310 e. The first-order chi connectivity index (χ1) is 29.7. The molecule has 1 aromatic heterocycles. The summed E-state index contributed by atoms with van der Waals surface area (Å²) < 4.78 is 2.44. The van der Waals surface area contributed by atoms with Gasteiger partial charge in [-0.05, 0) is 128 Å². The van der Waals surface area contributed by atoms with Crippen molar-refractivity contribution in [1.82, 2.24) is 4.57 Å². The van der Waals surface area contributed by atoms with Crippen LogP contribution >= 0.6 is 0 Å². The zero-order chi connectivity index (χ0) is 39.8. The van der Waals surface area contributed by atoms with Gasteiger partial charge in [-0.1, -0.05) is 170 Å². The fraction of sp³-hybridized carbons (Fsp3) is 0. The standard InChI is InChI=1S/C58H40N2/c1-4-17-41(18-5-1)47-35-48(42-19-6-2-7-20-42)39-52(38-47)60-57-30-15-14-29-55(57)56-40-46(32-34-58(56)60)54-28-13-12-27-53(54)45-23-16-26-50(37-45)59(49-24-8-3-9-25-49)51-33-31-43-21-10-11-22-44(43)36-51/h1-40H. The maximum atomic E-state index is 2.44. The minimum absolute atomic E-state index is 1.11. The lowest BCUT2D eigenvalue weighted by molar-refractivity contribution is 1.18. The van der Waals surface area contributed by atoms with Gasteiger partial charge in [0.05, 0.1) is 11.0 Å². The summed E-state index contributed by atoms with van der Waals surface area (Å²) in [5, 5.41) is 4.91. The molecule has 0 unspecified atom stereocenters. The molecule has 2 nitrogen and oxygen atoms in total. The van der Waals surface area contributed by atoms with Crippen molar-refractivity contribution in [2.24, 2.45) is 0 Å². The Morgan fingerprint density at radius 2 is 0.800 bits per heavy atom. The van der Waals surface area contributed by atoms with Crippen molar-refractivity contribution in [2.75, 3.05) is 4.90 Å². The van der Waals surface area contributed by atoms with Crippen LogP contribution in [0.4, 0.5) is 17.1 Å². The Morgan fingerprint density at radius 1 is 0.267 bits per heavy atom. The van der Waals surface area contributed by atoms with E-state index in [1.54, 1.807) is 0 Å². The highest BCUT2D eigenvalue weighted by Gasteiger charge is 2.18. The first kappa shape index (κ1) is 35.2. The monoisotopic (exact) mass is 764 g/mol. The molecule has 0 aliphatic heterocycles. The van der Waals surface area contributed by atoms with Gasteiger partial charge in [0.2, 0.25) is 0 Å². The van der Waals surface area contributed by atoms with Crippen molar-refractivity contribution in [3.05, 3.63) is 243 Å². The molecule has 0 atom stereocenters. The van der Waals surface area contributed by atoms with Gasteiger partial charge < -0.3 is 9.47 Å². The Kier molecular flexibility index (Phi) is 8.87. The summed E-state index contributed by atoms with van der Waals surface area (Å²) in [4.78, 5) is 2.36. The van der Waals surface area contributed by atoms with Gasteiger partial charge in [0.15, 0.2) is 0 Å². The van der Waals surface area contributed by atoms with Crippen LogP contribution in [-0.4, -0.2) is 4.57 Å². The fourth-order valence-corrected chi connectivity index (χ4v) is 8.89. The second kappa shape index (κ2) is 15.1. The summed E-state index contributed by atoms with van der Waals surface area (Å²) in [5.41, 5.74) is 16.4. The van der Waals surface area contributed by atoms with Crippen LogP contribution in [0.1, 0.15) is 0 Å². The molecule has 1 heterocycles.